The van der Waals surface area contributed by atoms with Gasteiger partial charge in [0.05, 0.1) is 12.6 Å². The van der Waals surface area contributed by atoms with Gasteiger partial charge in [-0.1, -0.05) is 0 Å². The van der Waals surface area contributed by atoms with E-state index in [1.54, 1.807) is 16.8 Å². The first-order chi connectivity index (χ1) is 15.1. The lowest BCUT2D eigenvalue weighted by atomic mass is 10.1. The Labute approximate surface area is 176 Å². The van der Waals surface area contributed by atoms with E-state index in [2.05, 4.69) is 21.0 Å². The van der Waals surface area contributed by atoms with Gasteiger partial charge in [-0.25, -0.2) is 4.98 Å². The van der Waals surface area contributed by atoms with E-state index in [4.69, 9.17) is 14.5 Å². The van der Waals surface area contributed by atoms with Crippen molar-refractivity contribution in [2.75, 3.05) is 17.4 Å². The predicted molar refractivity (Wildman–Crippen MR) is 111 cm³/mol. The Balaban J connectivity index is 1.40. The molecule has 4 heterocycles. The number of nitrogens with one attached hydrogen (secondary N) is 3. The second kappa shape index (κ2) is 6.73. The molecule has 0 unspecified atom stereocenters. The van der Waals surface area contributed by atoms with Crippen LogP contribution in [0.5, 0.6) is 11.5 Å². The molecule has 10 heteroatoms. The molecule has 1 saturated carbocycles. The third-order valence-corrected chi connectivity index (χ3v) is 5.30. The number of carbonyl (C=O) groups excluding carboxylic acids is 2. The van der Waals surface area contributed by atoms with Crippen molar-refractivity contribution in [1.82, 2.24) is 19.9 Å². The molecular weight excluding hydrogens is 400 g/mol. The van der Waals surface area contributed by atoms with Gasteiger partial charge >= 0.3 is 0 Å². The molecule has 1 aromatic carbocycles. The molecule has 0 spiro atoms. The molecule has 0 radical (unpaired) electrons. The zero-order valence-electron chi connectivity index (χ0n) is 16.3. The van der Waals surface area contributed by atoms with E-state index in [-0.39, 0.29) is 25.0 Å². The fourth-order valence-corrected chi connectivity index (χ4v) is 3.62. The SMILES string of the molecule is O=C1CC(=Cc2cnn3c(NC4CC4)cc(Nc4ccc5c(c4)OCO5)nc23)C(=O)N1. The van der Waals surface area contributed by atoms with Crippen LogP contribution in [0.1, 0.15) is 24.8 Å². The number of imide groups is 1. The molecule has 1 aliphatic carbocycles. The smallest absolute Gasteiger partial charge is 0.254 e. The normalized spacial score (nSPS) is 18.6. The molecule has 2 fully saturated rings. The highest BCUT2D eigenvalue weighted by Gasteiger charge is 2.26. The molecule has 6 rings (SSSR count). The van der Waals surface area contributed by atoms with Gasteiger partial charge in [0.2, 0.25) is 12.7 Å². The lowest BCUT2D eigenvalue weighted by Crippen LogP contribution is -2.19. The van der Waals surface area contributed by atoms with E-state index in [1.165, 1.54) is 0 Å². The molecule has 0 atom stereocenters. The number of carbonyl (C=O) groups is 2. The van der Waals surface area contributed by atoms with E-state index in [0.29, 0.717) is 40.1 Å². The first-order valence-electron chi connectivity index (χ1n) is 9.99. The number of amides is 2. The van der Waals surface area contributed by atoms with Crippen LogP contribution in [0.25, 0.3) is 11.7 Å². The van der Waals surface area contributed by atoms with Crippen LogP contribution < -0.4 is 25.4 Å². The summed E-state index contributed by atoms with van der Waals surface area (Å²) in [7, 11) is 0. The maximum absolute atomic E-state index is 12.0. The van der Waals surface area contributed by atoms with Crippen LogP contribution in [0.4, 0.5) is 17.3 Å². The van der Waals surface area contributed by atoms with Crippen molar-refractivity contribution in [1.29, 1.82) is 0 Å². The van der Waals surface area contributed by atoms with E-state index in [1.807, 2.05) is 24.3 Å². The second-order valence-electron chi connectivity index (χ2n) is 7.70. The highest BCUT2D eigenvalue weighted by molar-refractivity contribution is 6.15. The highest BCUT2D eigenvalue weighted by Crippen LogP contribution is 2.35. The summed E-state index contributed by atoms with van der Waals surface area (Å²) in [6.45, 7) is 0.211. The summed E-state index contributed by atoms with van der Waals surface area (Å²) < 4.78 is 12.5. The van der Waals surface area contributed by atoms with Crippen molar-refractivity contribution in [3.8, 4) is 11.5 Å². The first kappa shape index (κ1) is 17.8. The van der Waals surface area contributed by atoms with Gasteiger partial charge in [0.25, 0.3) is 5.91 Å². The largest absolute Gasteiger partial charge is 0.454 e. The van der Waals surface area contributed by atoms with Crippen molar-refractivity contribution in [2.24, 2.45) is 0 Å². The topological polar surface area (TPSA) is 119 Å². The third-order valence-electron chi connectivity index (χ3n) is 5.30. The molecule has 31 heavy (non-hydrogen) atoms. The Hall–Kier alpha value is -4.08. The maximum atomic E-state index is 12.0. The van der Waals surface area contributed by atoms with Crippen molar-refractivity contribution in [3.63, 3.8) is 0 Å². The number of hydrogen-bond acceptors (Lipinski definition) is 8. The molecule has 2 amide bonds. The average molecular weight is 418 g/mol. The number of rotatable bonds is 5. The molecule has 2 aliphatic heterocycles. The molecule has 156 valence electrons. The maximum Gasteiger partial charge on any atom is 0.254 e. The van der Waals surface area contributed by atoms with Crippen LogP contribution in [0.3, 0.4) is 0 Å². The number of anilines is 3. The Bertz CT molecular complexity index is 1280. The molecule has 0 bridgehead atoms. The molecule has 10 nitrogen and oxygen atoms in total. The first-order valence-corrected chi connectivity index (χ1v) is 9.99. The van der Waals surface area contributed by atoms with Gasteiger partial charge in [0.1, 0.15) is 11.6 Å². The van der Waals surface area contributed by atoms with Gasteiger partial charge in [-0.3, -0.25) is 14.9 Å². The van der Waals surface area contributed by atoms with Crippen molar-refractivity contribution in [3.05, 3.63) is 41.6 Å². The summed E-state index contributed by atoms with van der Waals surface area (Å²) in [5.41, 5.74) is 2.44. The standard InChI is InChI=1S/C21H18N6O4/c28-19-6-11(21(29)26-19)5-12-9-22-27-18(24-13-1-2-13)8-17(25-20(12)27)23-14-3-4-15-16(7-14)31-10-30-15/h3-5,7-9,13,24H,1-2,6,10H2,(H,23,25)(H,26,28,29). The Morgan fingerprint density at radius 2 is 2.03 bits per heavy atom. The lowest BCUT2D eigenvalue weighted by Gasteiger charge is -2.12. The Morgan fingerprint density at radius 1 is 1.16 bits per heavy atom. The van der Waals surface area contributed by atoms with Gasteiger partial charge in [-0.15, -0.1) is 0 Å². The van der Waals surface area contributed by atoms with Gasteiger partial charge in [-0.05, 0) is 31.1 Å². The molecule has 1 saturated heterocycles. The molecule has 2 aromatic heterocycles. The number of ether oxygens (including phenoxy) is 2. The van der Waals surface area contributed by atoms with E-state index in [0.717, 1.165) is 24.3 Å². The van der Waals surface area contributed by atoms with Crippen molar-refractivity contribution in [2.45, 2.75) is 25.3 Å². The predicted octanol–water partition coefficient (Wildman–Crippen LogP) is 2.21. The van der Waals surface area contributed by atoms with Crippen LogP contribution in [-0.2, 0) is 9.59 Å². The zero-order chi connectivity index (χ0) is 20.9. The van der Waals surface area contributed by atoms with Crippen LogP contribution >= 0.6 is 0 Å². The van der Waals surface area contributed by atoms with Crippen LogP contribution in [0, 0.1) is 0 Å². The van der Waals surface area contributed by atoms with Crippen LogP contribution in [0.15, 0.2) is 36.0 Å². The number of nitrogens with zero attached hydrogens (tertiary/aromatic N) is 3. The minimum absolute atomic E-state index is 0.0541. The lowest BCUT2D eigenvalue weighted by molar-refractivity contribution is -0.124. The molecular formula is C21H18N6O4. The monoisotopic (exact) mass is 418 g/mol. The van der Waals surface area contributed by atoms with Gasteiger partial charge < -0.3 is 20.1 Å². The summed E-state index contributed by atoms with van der Waals surface area (Å²) >= 11 is 0. The van der Waals surface area contributed by atoms with Gasteiger partial charge in [0, 0.05) is 35.0 Å². The highest BCUT2D eigenvalue weighted by atomic mass is 16.7. The van der Waals surface area contributed by atoms with E-state index >= 15 is 0 Å². The summed E-state index contributed by atoms with van der Waals surface area (Å²) in [6.07, 6.45) is 5.58. The molecule has 3 N–H and O–H groups in total. The number of hydrogen-bond donors (Lipinski definition) is 3. The zero-order valence-corrected chi connectivity index (χ0v) is 16.3. The number of fused-ring (bicyclic) bond motifs is 2. The third kappa shape index (κ3) is 3.31. The molecule has 3 aliphatic rings. The minimum Gasteiger partial charge on any atom is -0.454 e. The van der Waals surface area contributed by atoms with Crippen LogP contribution in [0.2, 0.25) is 0 Å². The Kier molecular flexibility index (Phi) is 3.85. The quantitative estimate of drug-likeness (QED) is 0.426. The van der Waals surface area contributed by atoms with Gasteiger partial charge in [-0.2, -0.15) is 9.61 Å². The van der Waals surface area contributed by atoms with E-state index < -0.39 is 0 Å². The van der Waals surface area contributed by atoms with Crippen LogP contribution in [-0.4, -0.2) is 39.2 Å². The average Bonchev–Trinajstić information content (AvgIpc) is 3.14. The summed E-state index contributed by atoms with van der Waals surface area (Å²) in [5.74, 6) is 2.11. The summed E-state index contributed by atoms with van der Waals surface area (Å²) in [5, 5.41) is 13.5. The Morgan fingerprint density at radius 3 is 2.84 bits per heavy atom. The fourth-order valence-electron chi connectivity index (χ4n) is 3.62. The fraction of sp³-hybridized carbons (Fsp3) is 0.238. The molecule has 3 aromatic rings. The number of aromatic nitrogens is 3. The minimum atomic E-state index is -0.379. The van der Waals surface area contributed by atoms with Gasteiger partial charge in [0.15, 0.2) is 17.1 Å². The van der Waals surface area contributed by atoms with Crippen molar-refractivity contribution >= 4 is 40.9 Å². The second-order valence-corrected chi connectivity index (χ2v) is 7.70. The van der Waals surface area contributed by atoms with Crippen molar-refractivity contribution < 1.29 is 19.1 Å². The summed E-state index contributed by atoms with van der Waals surface area (Å²) in [4.78, 5) is 28.2. The number of benzene rings is 1. The van der Waals surface area contributed by atoms with E-state index in [9.17, 15) is 9.59 Å². The summed E-state index contributed by atoms with van der Waals surface area (Å²) in [6, 6.07) is 7.90.